The molecule has 0 aliphatic heterocycles. The van der Waals surface area contributed by atoms with Gasteiger partial charge in [0.05, 0.1) is 12.5 Å². The summed E-state index contributed by atoms with van der Waals surface area (Å²) in [4.78, 5) is 11.4. The monoisotopic (exact) mass is 311 g/mol. The van der Waals surface area contributed by atoms with E-state index >= 15 is 0 Å². The van der Waals surface area contributed by atoms with Crippen LogP contribution in [0.15, 0.2) is 42.6 Å². The maximum absolute atomic E-state index is 12.1. The minimum atomic E-state index is -4.33. The molecule has 1 N–H and O–H groups in total. The Labute approximate surface area is 125 Å². The van der Waals surface area contributed by atoms with E-state index in [-0.39, 0.29) is 11.9 Å². The maximum atomic E-state index is 12.1. The Hall–Kier alpha value is -2.31. The highest BCUT2D eigenvalue weighted by Crippen LogP contribution is 2.22. The molecule has 4 nitrogen and oxygen atoms in total. The summed E-state index contributed by atoms with van der Waals surface area (Å²) in [5, 5.41) is 6.54. The molecule has 0 aliphatic carbocycles. The van der Waals surface area contributed by atoms with E-state index in [1.165, 1.54) is 0 Å². The van der Waals surface area contributed by atoms with Gasteiger partial charge in [0.25, 0.3) is 0 Å². The highest BCUT2D eigenvalue weighted by molar-refractivity contribution is 5.89. The van der Waals surface area contributed by atoms with Gasteiger partial charge in [-0.1, -0.05) is 30.3 Å². The van der Waals surface area contributed by atoms with Gasteiger partial charge in [0, 0.05) is 18.7 Å². The quantitative estimate of drug-likeness (QED) is 0.913. The average Bonchev–Trinajstić information content (AvgIpc) is 2.93. The van der Waals surface area contributed by atoms with Crippen LogP contribution in [0.5, 0.6) is 0 Å². The molecule has 7 heteroatoms. The zero-order valence-electron chi connectivity index (χ0n) is 12.0. The summed E-state index contributed by atoms with van der Waals surface area (Å²) in [7, 11) is 0. The second-order valence-corrected chi connectivity index (χ2v) is 4.93. The number of aromatic nitrogens is 2. The van der Waals surface area contributed by atoms with E-state index in [2.05, 4.69) is 10.4 Å². The largest absolute Gasteiger partial charge is 0.389 e. The normalized spacial score (nSPS) is 12.9. The number of amides is 1. The van der Waals surface area contributed by atoms with Gasteiger partial charge in [0.2, 0.25) is 5.91 Å². The molecule has 1 aromatic carbocycles. The van der Waals surface area contributed by atoms with Gasteiger partial charge in [-0.2, -0.15) is 18.3 Å². The molecule has 0 saturated heterocycles. The topological polar surface area (TPSA) is 46.9 Å². The van der Waals surface area contributed by atoms with Crippen molar-refractivity contribution in [2.45, 2.75) is 32.0 Å². The summed E-state index contributed by atoms with van der Waals surface area (Å²) in [6.07, 6.45) is -4.40. The van der Waals surface area contributed by atoms with Gasteiger partial charge in [0.15, 0.2) is 5.82 Å². The minimum Gasteiger partial charge on any atom is -0.309 e. The van der Waals surface area contributed by atoms with Crippen molar-refractivity contribution in [2.24, 2.45) is 0 Å². The van der Waals surface area contributed by atoms with Crippen molar-refractivity contribution in [1.29, 1.82) is 0 Å². The van der Waals surface area contributed by atoms with Crippen molar-refractivity contribution < 1.29 is 18.0 Å². The number of carbonyl (C=O) groups excluding carboxylic acids is 1. The molecule has 22 heavy (non-hydrogen) atoms. The molecule has 0 saturated carbocycles. The van der Waals surface area contributed by atoms with Gasteiger partial charge in [0.1, 0.15) is 0 Å². The fourth-order valence-electron chi connectivity index (χ4n) is 1.97. The van der Waals surface area contributed by atoms with Crippen LogP contribution in [0.3, 0.4) is 0 Å². The summed E-state index contributed by atoms with van der Waals surface area (Å²) in [6, 6.07) is 11.2. The Bertz CT molecular complexity index is 622. The molecule has 2 rings (SSSR count). The third-order valence-corrected chi connectivity index (χ3v) is 3.19. The smallest absolute Gasteiger partial charge is 0.309 e. The molecule has 0 fully saturated rings. The molecule has 2 aromatic rings. The molecule has 1 amide bonds. The molecule has 0 aliphatic rings. The number of anilines is 1. The zero-order chi connectivity index (χ0) is 16.2. The van der Waals surface area contributed by atoms with Crippen LogP contribution in [0, 0.1) is 0 Å². The molecule has 0 radical (unpaired) electrons. The highest BCUT2D eigenvalue weighted by atomic mass is 19.4. The van der Waals surface area contributed by atoms with E-state index in [1.807, 2.05) is 37.3 Å². The first kappa shape index (κ1) is 16.1. The van der Waals surface area contributed by atoms with Gasteiger partial charge >= 0.3 is 6.18 Å². The zero-order valence-corrected chi connectivity index (χ0v) is 12.0. The van der Waals surface area contributed by atoms with E-state index in [0.29, 0.717) is 0 Å². The fourth-order valence-corrected chi connectivity index (χ4v) is 1.97. The van der Waals surface area contributed by atoms with Crippen LogP contribution in [0.2, 0.25) is 0 Å². The van der Waals surface area contributed by atoms with E-state index in [1.54, 1.807) is 16.9 Å². The third-order valence-electron chi connectivity index (χ3n) is 3.19. The molecule has 0 unspecified atom stereocenters. The van der Waals surface area contributed by atoms with Crippen molar-refractivity contribution in [1.82, 2.24) is 9.78 Å². The van der Waals surface area contributed by atoms with Crippen molar-refractivity contribution >= 4 is 11.7 Å². The summed E-state index contributed by atoms with van der Waals surface area (Å²) in [5.41, 5.74) is 1.04. The van der Waals surface area contributed by atoms with Crippen molar-refractivity contribution in [2.75, 3.05) is 5.32 Å². The van der Waals surface area contributed by atoms with Crippen LogP contribution in [0.1, 0.15) is 31.4 Å². The van der Waals surface area contributed by atoms with Crippen molar-refractivity contribution in [3.63, 3.8) is 0 Å². The number of carbonyl (C=O) groups is 1. The Morgan fingerprint density at radius 2 is 1.95 bits per heavy atom. The SMILES string of the molecule is C[C@H](c1ccccc1)n1ccc(NC(=O)CCC(F)(F)F)n1. The van der Waals surface area contributed by atoms with Gasteiger partial charge < -0.3 is 5.32 Å². The first-order valence-corrected chi connectivity index (χ1v) is 6.82. The van der Waals surface area contributed by atoms with Crippen LogP contribution in [0.4, 0.5) is 19.0 Å². The second-order valence-electron chi connectivity index (χ2n) is 4.93. The predicted molar refractivity (Wildman–Crippen MR) is 76.4 cm³/mol. The lowest BCUT2D eigenvalue weighted by Gasteiger charge is -2.12. The number of halogens is 3. The minimum absolute atomic E-state index is 0.0398. The Morgan fingerprint density at radius 1 is 1.27 bits per heavy atom. The first-order valence-electron chi connectivity index (χ1n) is 6.82. The third kappa shape index (κ3) is 4.61. The molecular formula is C15H16F3N3O. The van der Waals surface area contributed by atoms with Crippen LogP contribution in [-0.2, 0) is 4.79 Å². The van der Waals surface area contributed by atoms with Crippen LogP contribution < -0.4 is 5.32 Å². The number of nitrogens with zero attached hydrogens (tertiary/aromatic N) is 2. The first-order chi connectivity index (χ1) is 10.3. The van der Waals surface area contributed by atoms with Gasteiger partial charge in [-0.05, 0) is 12.5 Å². The molecule has 118 valence electrons. The summed E-state index contributed by atoms with van der Waals surface area (Å²) in [6.45, 7) is 1.94. The number of nitrogens with one attached hydrogen (secondary N) is 1. The molecule has 0 bridgehead atoms. The van der Waals surface area contributed by atoms with E-state index in [0.717, 1.165) is 5.56 Å². The molecular weight excluding hydrogens is 295 g/mol. The Kier molecular flexibility index (Phi) is 4.85. The average molecular weight is 311 g/mol. The van der Waals surface area contributed by atoms with Gasteiger partial charge in [-0.15, -0.1) is 0 Å². The van der Waals surface area contributed by atoms with E-state index < -0.39 is 24.9 Å². The van der Waals surface area contributed by atoms with Gasteiger partial charge in [-0.25, -0.2) is 0 Å². The number of alkyl halides is 3. The molecule has 1 aromatic heterocycles. The lowest BCUT2D eigenvalue weighted by Crippen LogP contribution is -2.17. The number of benzene rings is 1. The second kappa shape index (κ2) is 6.64. The van der Waals surface area contributed by atoms with Crippen LogP contribution in [0.25, 0.3) is 0 Å². The van der Waals surface area contributed by atoms with E-state index in [4.69, 9.17) is 0 Å². The van der Waals surface area contributed by atoms with Crippen molar-refractivity contribution in [3.05, 3.63) is 48.2 Å². The number of hydrogen-bond donors (Lipinski definition) is 1. The van der Waals surface area contributed by atoms with E-state index in [9.17, 15) is 18.0 Å². The fraction of sp³-hybridized carbons (Fsp3) is 0.333. The molecule has 1 atom stereocenters. The van der Waals surface area contributed by atoms with Crippen LogP contribution >= 0.6 is 0 Å². The Morgan fingerprint density at radius 3 is 2.59 bits per heavy atom. The Balaban J connectivity index is 1.95. The number of rotatable bonds is 5. The lowest BCUT2D eigenvalue weighted by molar-refractivity contribution is -0.142. The highest BCUT2D eigenvalue weighted by Gasteiger charge is 2.28. The lowest BCUT2D eigenvalue weighted by atomic mass is 10.1. The predicted octanol–water partition coefficient (Wildman–Crippen LogP) is 3.77. The molecule has 0 spiro atoms. The maximum Gasteiger partial charge on any atom is 0.389 e. The van der Waals surface area contributed by atoms with Gasteiger partial charge in [-0.3, -0.25) is 9.48 Å². The molecule has 1 heterocycles. The summed E-state index contributed by atoms with van der Waals surface area (Å²) >= 11 is 0. The number of hydrogen-bond acceptors (Lipinski definition) is 2. The summed E-state index contributed by atoms with van der Waals surface area (Å²) in [5.74, 6) is -0.454. The van der Waals surface area contributed by atoms with Crippen LogP contribution in [-0.4, -0.2) is 21.9 Å². The standard InChI is InChI=1S/C15H16F3N3O/c1-11(12-5-3-2-4-6-12)21-10-8-13(20-21)19-14(22)7-9-15(16,17)18/h2-6,8,10-11H,7,9H2,1H3,(H,19,20,22)/t11-/m1/s1. The summed E-state index contributed by atoms with van der Waals surface area (Å²) < 4.78 is 37.8. The van der Waals surface area contributed by atoms with Crippen molar-refractivity contribution in [3.8, 4) is 0 Å².